The van der Waals surface area contributed by atoms with Crippen molar-refractivity contribution >= 4 is 29.9 Å². The number of halogens is 1. The van der Waals surface area contributed by atoms with Crippen LogP contribution in [0, 0.1) is 5.92 Å². The first-order valence-corrected chi connectivity index (χ1v) is 10.4. The zero-order valence-electron chi connectivity index (χ0n) is 17.5. The fraction of sp³-hybridized carbons (Fsp3) is 0.842. The van der Waals surface area contributed by atoms with E-state index in [0.29, 0.717) is 18.6 Å². The summed E-state index contributed by atoms with van der Waals surface area (Å²) in [7, 11) is 1.68. The average molecular weight is 505 g/mol. The number of hydrogen-bond acceptors (Lipinski definition) is 5. The van der Waals surface area contributed by atoms with E-state index in [-0.39, 0.29) is 24.0 Å². The van der Waals surface area contributed by atoms with Gasteiger partial charge in [0.1, 0.15) is 12.4 Å². The first-order chi connectivity index (χ1) is 13.2. The standard InChI is InChI=1S/C19H35N7O.HI/c1-4-9-25-10-8-15(12-25)11-21-19(20-5-2)22-16-6-7-18-23-17(14-27-3)24-26(18)13-16;/h15-16H,4-14H2,1-3H3,(H2,20,21,22);1H. The molecule has 3 heterocycles. The Bertz CT molecular complexity index is 621. The van der Waals surface area contributed by atoms with Gasteiger partial charge in [0.25, 0.3) is 0 Å². The molecule has 9 heteroatoms. The molecule has 1 aromatic rings. The molecule has 0 aromatic carbocycles. The molecule has 1 fully saturated rings. The Morgan fingerprint density at radius 2 is 2.14 bits per heavy atom. The summed E-state index contributed by atoms with van der Waals surface area (Å²) in [6.07, 6.45) is 4.47. The van der Waals surface area contributed by atoms with E-state index in [1.807, 2.05) is 4.68 Å². The lowest BCUT2D eigenvalue weighted by Gasteiger charge is -2.25. The van der Waals surface area contributed by atoms with Crippen LogP contribution in [0.1, 0.15) is 44.8 Å². The van der Waals surface area contributed by atoms with Gasteiger partial charge in [0.15, 0.2) is 11.8 Å². The van der Waals surface area contributed by atoms with Crippen molar-refractivity contribution in [3.05, 3.63) is 11.6 Å². The number of nitrogens with zero attached hydrogens (tertiary/aromatic N) is 5. The first kappa shape index (κ1) is 23.3. The van der Waals surface area contributed by atoms with Gasteiger partial charge in [-0.3, -0.25) is 4.99 Å². The summed E-state index contributed by atoms with van der Waals surface area (Å²) in [5.41, 5.74) is 0. The van der Waals surface area contributed by atoms with Crippen molar-refractivity contribution in [1.29, 1.82) is 0 Å². The lowest BCUT2D eigenvalue weighted by Crippen LogP contribution is -2.47. The number of guanidine groups is 1. The highest BCUT2D eigenvalue weighted by molar-refractivity contribution is 14.0. The molecule has 1 aromatic heterocycles. The molecule has 2 aliphatic rings. The smallest absolute Gasteiger partial charge is 0.191 e. The molecule has 2 aliphatic heterocycles. The molecule has 2 unspecified atom stereocenters. The maximum Gasteiger partial charge on any atom is 0.191 e. The van der Waals surface area contributed by atoms with Crippen molar-refractivity contribution in [3.8, 4) is 0 Å². The second-order valence-electron chi connectivity index (χ2n) is 7.61. The Labute approximate surface area is 185 Å². The molecule has 0 bridgehead atoms. The number of ether oxygens (including phenoxy) is 1. The number of hydrogen-bond donors (Lipinski definition) is 2. The third kappa shape index (κ3) is 6.55. The Morgan fingerprint density at radius 1 is 1.29 bits per heavy atom. The van der Waals surface area contributed by atoms with Crippen LogP contribution in [0.15, 0.2) is 4.99 Å². The number of methoxy groups -OCH3 is 1. The van der Waals surface area contributed by atoms with Crippen LogP contribution in [0.2, 0.25) is 0 Å². The van der Waals surface area contributed by atoms with Crippen molar-refractivity contribution < 1.29 is 4.74 Å². The van der Waals surface area contributed by atoms with Gasteiger partial charge < -0.3 is 20.3 Å². The van der Waals surface area contributed by atoms with E-state index in [9.17, 15) is 0 Å². The highest BCUT2D eigenvalue weighted by atomic mass is 127. The minimum absolute atomic E-state index is 0. The molecular weight excluding hydrogens is 469 g/mol. The summed E-state index contributed by atoms with van der Waals surface area (Å²) in [4.78, 5) is 12.0. The van der Waals surface area contributed by atoms with Crippen molar-refractivity contribution in [3.63, 3.8) is 0 Å². The first-order valence-electron chi connectivity index (χ1n) is 10.4. The van der Waals surface area contributed by atoms with Crippen molar-refractivity contribution in [2.75, 3.05) is 39.8 Å². The lowest BCUT2D eigenvalue weighted by molar-refractivity contribution is 0.177. The zero-order chi connectivity index (χ0) is 19.1. The summed E-state index contributed by atoms with van der Waals surface area (Å²) in [6, 6.07) is 0.326. The third-order valence-electron chi connectivity index (χ3n) is 5.28. The zero-order valence-corrected chi connectivity index (χ0v) is 19.8. The fourth-order valence-corrected chi connectivity index (χ4v) is 3.98. The van der Waals surface area contributed by atoms with E-state index in [0.717, 1.165) is 50.1 Å². The average Bonchev–Trinajstić information content (AvgIpc) is 3.26. The van der Waals surface area contributed by atoms with Crippen molar-refractivity contribution in [2.24, 2.45) is 10.9 Å². The summed E-state index contributed by atoms with van der Waals surface area (Å²) in [6.45, 7) is 11.1. The topological polar surface area (TPSA) is 79.6 Å². The van der Waals surface area contributed by atoms with E-state index in [2.05, 4.69) is 39.5 Å². The number of aliphatic imine (C=N–C) groups is 1. The predicted molar refractivity (Wildman–Crippen MR) is 122 cm³/mol. The number of nitrogens with one attached hydrogen (secondary N) is 2. The van der Waals surface area contributed by atoms with Gasteiger partial charge in [-0.2, -0.15) is 5.10 Å². The van der Waals surface area contributed by atoms with Crippen LogP contribution < -0.4 is 10.6 Å². The molecule has 3 rings (SSSR count). The molecule has 0 amide bonds. The van der Waals surface area contributed by atoms with Crippen LogP contribution in [-0.4, -0.2) is 71.5 Å². The van der Waals surface area contributed by atoms with Gasteiger partial charge in [-0.05, 0) is 45.2 Å². The molecule has 0 saturated carbocycles. The summed E-state index contributed by atoms with van der Waals surface area (Å²) >= 11 is 0. The Hall–Kier alpha value is -0.940. The molecule has 8 nitrogen and oxygen atoms in total. The van der Waals surface area contributed by atoms with E-state index in [1.54, 1.807) is 7.11 Å². The molecule has 0 radical (unpaired) electrons. The summed E-state index contributed by atoms with van der Waals surface area (Å²) in [5.74, 6) is 3.43. The Kier molecular flexibility index (Phi) is 9.93. The predicted octanol–water partition coefficient (Wildman–Crippen LogP) is 1.64. The molecular formula is C19H36IN7O. The minimum Gasteiger partial charge on any atom is -0.377 e. The van der Waals surface area contributed by atoms with Gasteiger partial charge >= 0.3 is 0 Å². The van der Waals surface area contributed by atoms with Gasteiger partial charge in [0.05, 0.1) is 6.54 Å². The van der Waals surface area contributed by atoms with Crippen LogP contribution in [0.5, 0.6) is 0 Å². The highest BCUT2D eigenvalue weighted by Crippen LogP contribution is 2.17. The third-order valence-corrected chi connectivity index (χ3v) is 5.28. The maximum atomic E-state index is 5.15. The molecule has 2 atom stereocenters. The highest BCUT2D eigenvalue weighted by Gasteiger charge is 2.24. The van der Waals surface area contributed by atoms with Crippen LogP contribution >= 0.6 is 24.0 Å². The van der Waals surface area contributed by atoms with E-state index in [4.69, 9.17) is 9.73 Å². The van der Waals surface area contributed by atoms with Crippen LogP contribution in [-0.2, 0) is 24.3 Å². The Balaban J connectivity index is 0.00000280. The minimum atomic E-state index is 0. The summed E-state index contributed by atoms with van der Waals surface area (Å²) in [5, 5.41) is 11.6. The van der Waals surface area contributed by atoms with Gasteiger partial charge in [0, 0.05) is 39.2 Å². The SMILES string of the molecule is CCCN1CCC(CN=C(NCC)NC2CCc3nc(COC)nn3C2)C1.I. The maximum absolute atomic E-state index is 5.15. The van der Waals surface area contributed by atoms with Crippen molar-refractivity contribution in [1.82, 2.24) is 30.3 Å². The Morgan fingerprint density at radius 3 is 2.89 bits per heavy atom. The van der Waals surface area contributed by atoms with Crippen LogP contribution in [0.25, 0.3) is 0 Å². The second-order valence-corrected chi connectivity index (χ2v) is 7.61. The number of aryl methyl sites for hydroxylation is 1. The van der Waals surface area contributed by atoms with Crippen LogP contribution in [0.4, 0.5) is 0 Å². The van der Waals surface area contributed by atoms with Crippen LogP contribution in [0.3, 0.4) is 0 Å². The quantitative estimate of drug-likeness (QED) is 0.318. The second kappa shape index (κ2) is 11.9. The lowest BCUT2D eigenvalue weighted by atomic mass is 10.1. The van der Waals surface area contributed by atoms with E-state index < -0.39 is 0 Å². The monoisotopic (exact) mass is 505 g/mol. The molecule has 2 N–H and O–H groups in total. The van der Waals surface area contributed by atoms with Gasteiger partial charge in [0.2, 0.25) is 0 Å². The largest absolute Gasteiger partial charge is 0.377 e. The number of aromatic nitrogens is 3. The number of likely N-dealkylation sites (tertiary alicyclic amines) is 1. The molecule has 160 valence electrons. The number of rotatable bonds is 8. The molecule has 0 spiro atoms. The normalized spacial score (nSPS) is 22.6. The van der Waals surface area contributed by atoms with E-state index >= 15 is 0 Å². The molecule has 1 saturated heterocycles. The fourth-order valence-electron chi connectivity index (χ4n) is 3.98. The van der Waals surface area contributed by atoms with Crippen molar-refractivity contribution in [2.45, 2.75) is 58.7 Å². The molecule has 0 aliphatic carbocycles. The van der Waals surface area contributed by atoms with E-state index in [1.165, 1.54) is 32.5 Å². The van der Waals surface area contributed by atoms with Gasteiger partial charge in [-0.25, -0.2) is 9.67 Å². The van der Waals surface area contributed by atoms with Gasteiger partial charge in [-0.15, -0.1) is 24.0 Å². The van der Waals surface area contributed by atoms with Gasteiger partial charge in [-0.1, -0.05) is 6.92 Å². The number of fused-ring (bicyclic) bond motifs is 1. The summed E-state index contributed by atoms with van der Waals surface area (Å²) < 4.78 is 7.16. The molecule has 28 heavy (non-hydrogen) atoms.